The highest BCUT2D eigenvalue weighted by Gasteiger charge is 2.36. The molecule has 1 aliphatic heterocycles. The van der Waals surface area contributed by atoms with Crippen molar-refractivity contribution in [2.45, 2.75) is 19.6 Å². The van der Waals surface area contributed by atoms with E-state index in [1.165, 1.54) is 11.8 Å². The van der Waals surface area contributed by atoms with Crippen molar-refractivity contribution in [3.8, 4) is 11.3 Å². The van der Waals surface area contributed by atoms with E-state index < -0.39 is 11.9 Å². The number of nitrogens with zero attached hydrogens (tertiary/aromatic N) is 5. The Morgan fingerprint density at radius 1 is 0.944 bits per heavy atom. The van der Waals surface area contributed by atoms with Gasteiger partial charge in [-0.2, -0.15) is 18.3 Å². The van der Waals surface area contributed by atoms with E-state index in [1.807, 2.05) is 42.2 Å². The molecule has 2 aromatic heterocycles. The summed E-state index contributed by atoms with van der Waals surface area (Å²) in [4.78, 5) is 22.0. The number of fused-ring (bicyclic) bond motifs is 1. The first-order valence-electron chi connectivity index (χ1n) is 11.8. The highest BCUT2D eigenvalue weighted by molar-refractivity contribution is 6.02. The van der Waals surface area contributed by atoms with Gasteiger partial charge in [-0.25, -0.2) is 9.50 Å². The van der Waals surface area contributed by atoms with Gasteiger partial charge >= 0.3 is 6.18 Å². The van der Waals surface area contributed by atoms with Gasteiger partial charge in [0, 0.05) is 38.3 Å². The summed E-state index contributed by atoms with van der Waals surface area (Å²) in [5, 5.41) is 3.89. The molecule has 0 saturated carbocycles. The van der Waals surface area contributed by atoms with Crippen molar-refractivity contribution in [2.75, 3.05) is 32.7 Å². The number of carbonyl (C=O) groups is 1. The number of halogens is 3. The largest absolute Gasteiger partial charge is 0.433 e. The summed E-state index contributed by atoms with van der Waals surface area (Å²) in [6, 6.07) is 18.3. The van der Waals surface area contributed by atoms with Gasteiger partial charge in [0.25, 0.3) is 0 Å². The second-order valence-corrected chi connectivity index (χ2v) is 9.15. The topological polar surface area (TPSA) is 53.7 Å². The molecular formula is C27H26F3N5O. The van der Waals surface area contributed by atoms with Crippen LogP contribution in [-0.4, -0.2) is 62.9 Å². The minimum atomic E-state index is -4.65. The van der Waals surface area contributed by atoms with Gasteiger partial charge in [0.05, 0.1) is 24.0 Å². The van der Waals surface area contributed by atoms with Crippen LogP contribution in [-0.2, 0) is 12.7 Å². The summed E-state index contributed by atoms with van der Waals surface area (Å²) in [7, 11) is 0. The van der Waals surface area contributed by atoms with E-state index in [-0.39, 0.29) is 29.2 Å². The standard InChI is InChI=1S/C27H26F3N5O/c1-19-7-9-21(10-8-19)23-15-25(27(28,29)30)35-26(32-23)22(16-31-35)24(36)18-34-13-11-33(12-14-34)17-20-5-3-2-4-6-20/h2-10,15-16H,11-14,17-18H2,1H3. The highest BCUT2D eigenvalue weighted by Crippen LogP contribution is 2.33. The van der Waals surface area contributed by atoms with Gasteiger partial charge in [-0.15, -0.1) is 0 Å². The number of benzene rings is 2. The van der Waals surface area contributed by atoms with Gasteiger partial charge in [0.15, 0.2) is 17.1 Å². The fourth-order valence-corrected chi connectivity index (χ4v) is 4.47. The molecule has 0 spiro atoms. The van der Waals surface area contributed by atoms with E-state index in [2.05, 4.69) is 27.1 Å². The van der Waals surface area contributed by atoms with Crippen molar-refractivity contribution < 1.29 is 18.0 Å². The Bertz CT molecular complexity index is 1360. The molecule has 0 unspecified atom stereocenters. The molecule has 36 heavy (non-hydrogen) atoms. The Morgan fingerprint density at radius 2 is 1.61 bits per heavy atom. The van der Waals surface area contributed by atoms with E-state index in [1.54, 1.807) is 12.1 Å². The maximum Gasteiger partial charge on any atom is 0.433 e. The quantitative estimate of drug-likeness (QED) is 0.364. The first-order chi connectivity index (χ1) is 17.3. The number of hydrogen-bond donors (Lipinski definition) is 0. The minimum Gasteiger partial charge on any atom is -0.297 e. The van der Waals surface area contributed by atoms with E-state index in [0.717, 1.165) is 35.8 Å². The molecule has 4 aromatic rings. The van der Waals surface area contributed by atoms with Crippen LogP contribution in [0.3, 0.4) is 0 Å². The van der Waals surface area contributed by atoms with Crippen LogP contribution in [0, 0.1) is 6.92 Å². The Morgan fingerprint density at radius 3 is 2.28 bits per heavy atom. The smallest absolute Gasteiger partial charge is 0.297 e. The van der Waals surface area contributed by atoms with Gasteiger partial charge in [-0.05, 0) is 18.6 Å². The van der Waals surface area contributed by atoms with Gasteiger partial charge in [-0.1, -0.05) is 60.2 Å². The molecule has 3 heterocycles. The normalized spacial score (nSPS) is 15.4. The first-order valence-corrected chi connectivity index (χ1v) is 11.8. The van der Waals surface area contributed by atoms with Crippen molar-refractivity contribution in [3.63, 3.8) is 0 Å². The number of aromatic nitrogens is 3. The minimum absolute atomic E-state index is 0.0758. The molecule has 0 N–H and O–H groups in total. The molecule has 0 atom stereocenters. The second-order valence-electron chi connectivity index (χ2n) is 9.15. The van der Waals surface area contributed by atoms with Crippen molar-refractivity contribution in [3.05, 3.63) is 89.2 Å². The number of alkyl halides is 3. The summed E-state index contributed by atoms with van der Waals surface area (Å²) in [6.45, 7) is 5.88. The number of aryl methyl sites for hydroxylation is 1. The van der Waals surface area contributed by atoms with Gasteiger partial charge < -0.3 is 0 Å². The van der Waals surface area contributed by atoms with Crippen molar-refractivity contribution in [2.24, 2.45) is 0 Å². The van der Waals surface area contributed by atoms with E-state index in [9.17, 15) is 18.0 Å². The Balaban J connectivity index is 1.35. The third-order valence-electron chi connectivity index (χ3n) is 6.49. The summed E-state index contributed by atoms with van der Waals surface area (Å²) in [5.41, 5.74) is 1.98. The monoisotopic (exact) mass is 493 g/mol. The SMILES string of the molecule is Cc1ccc(-c2cc(C(F)(F)F)n3ncc(C(=O)CN4CCN(Cc5ccccc5)CC4)c3n2)cc1. The molecule has 0 bridgehead atoms. The van der Waals surface area contributed by atoms with Crippen LogP contribution in [0.25, 0.3) is 16.9 Å². The summed E-state index contributed by atoms with van der Waals surface area (Å²) < 4.78 is 42.3. The molecule has 0 radical (unpaired) electrons. The number of hydrogen-bond acceptors (Lipinski definition) is 5. The molecular weight excluding hydrogens is 467 g/mol. The van der Waals surface area contributed by atoms with Crippen LogP contribution in [0.5, 0.6) is 0 Å². The zero-order valence-corrected chi connectivity index (χ0v) is 19.9. The number of piperazine rings is 1. The molecule has 0 amide bonds. The first kappa shape index (κ1) is 24.1. The number of rotatable bonds is 6. The average molecular weight is 494 g/mol. The lowest BCUT2D eigenvalue weighted by Crippen LogP contribution is -2.47. The summed E-state index contributed by atoms with van der Waals surface area (Å²) in [5.74, 6) is -0.289. The highest BCUT2D eigenvalue weighted by atomic mass is 19.4. The van der Waals surface area contributed by atoms with Gasteiger partial charge in [-0.3, -0.25) is 14.6 Å². The Labute approximate surface area is 207 Å². The number of ketones is 1. The molecule has 6 nitrogen and oxygen atoms in total. The van der Waals surface area contributed by atoms with Crippen LogP contribution < -0.4 is 0 Å². The van der Waals surface area contributed by atoms with Crippen molar-refractivity contribution in [1.82, 2.24) is 24.4 Å². The molecule has 5 rings (SSSR count). The lowest BCUT2D eigenvalue weighted by molar-refractivity contribution is -0.142. The molecule has 1 saturated heterocycles. The molecule has 186 valence electrons. The van der Waals surface area contributed by atoms with Crippen molar-refractivity contribution >= 4 is 11.4 Å². The van der Waals surface area contributed by atoms with Crippen LogP contribution in [0.15, 0.2) is 66.9 Å². The van der Waals surface area contributed by atoms with Crippen molar-refractivity contribution in [1.29, 1.82) is 0 Å². The Hall–Kier alpha value is -3.56. The lowest BCUT2D eigenvalue weighted by atomic mass is 10.1. The number of carbonyl (C=O) groups excluding carboxylic acids is 1. The third kappa shape index (κ3) is 5.17. The van der Waals surface area contributed by atoms with E-state index in [4.69, 9.17) is 0 Å². The maximum absolute atomic E-state index is 13.9. The third-order valence-corrected chi connectivity index (χ3v) is 6.49. The number of Topliss-reactive ketones (excluding diaryl/α,β-unsaturated/α-hetero) is 1. The van der Waals surface area contributed by atoms with Gasteiger partial charge in [0.1, 0.15) is 0 Å². The van der Waals surface area contributed by atoms with E-state index in [0.29, 0.717) is 18.7 Å². The summed E-state index contributed by atoms with van der Waals surface area (Å²) in [6.07, 6.45) is -3.45. The molecule has 1 fully saturated rings. The maximum atomic E-state index is 13.9. The lowest BCUT2D eigenvalue weighted by Gasteiger charge is -2.34. The molecule has 1 aliphatic rings. The molecule has 9 heteroatoms. The molecule has 0 aliphatic carbocycles. The van der Waals surface area contributed by atoms with Crippen LogP contribution in [0.2, 0.25) is 0 Å². The molecule has 2 aromatic carbocycles. The summed E-state index contributed by atoms with van der Waals surface area (Å²) >= 11 is 0. The predicted molar refractivity (Wildman–Crippen MR) is 131 cm³/mol. The van der Waals surface area contributed by atoms with Gasteiger partial charge in [0.2, 0.25) is 0 Å². The second kappa shape index (κ2) is 9.83. The van der Waals surface area contributed by atoms with Crippen LogP contribution in [0.4, 0.5) is 13.2 Å². The fourth-order valence-electron chi connectivity index (χ4n) is 4.47. The average Bonchev–Trinajstić information content (AvgIpc) is 3.29. The zero-order valence-electron chi connectivity index (χ0n) is 19.9. The van der Waals surface area contributed by atoms with E-state index >= 15 is 0 Å². The van der Waals surface area contributed by atoms with Crippen LogP contribution in [0.1, 0.15) is 27.2 Å². The zero-order chi connectivity index (χ0) is 25.3. The predicted octanol–water partition coefficient (Wildman–Crippen LogP) is 4.72. The Kier molecular flexibility index (Phi) is 6.59. The fraction of sp³-hybridized carbons (Fsp3) is 0.296. The van der Waals surface area contributed by atoms with Crippen LogP contribution >= 0.6 is 0 Å².